The molecule has 1 atom stereocenters. The number of anilines is 1. The van der Waals surface area contributed by atoms with Gasteiger partial charge in [-0.05, 0) is 63.4 Å². The molecule has 0 spiro atoms. The van der Waals surface area contributed by atoms with Gasteiger partial charge in [-0.2, -0.15) is 0 Å². The van der Waals surface area contributed by atoms with Gasteiger partial charge in [-0.15, -0.1) is 0 Å². The number of alkyl carbamates (subject to hydrolysis) is 1. The van der Waals surface area contributed by atoms with E-state index in [0.29, 0.717) is 23.1 Å². The minimum Gasteiger partial charge on any atom is -0.444 e. The van der Waals surface area contributed by atoms with Gasteiger partial charge >= 0.3 is 6.09 Å². The molecule has 0 bridgehead atoms. The zero-order valence-electron chi connectivity index (χ0n) is 18.6. The molecule has 8 heteroatoms. The quantitative estimate of drug-likeness (QED) is 0.512. The fourth-order valence-electron chi connectivity index (χ4n) is 4.03. The number of fused-ring (bicyclic) bond motifs is 1. The number of carbonyl (C=O) groups excluding carboxylic acids is 1. The fourth-order valence-corrected chi connectivity index (χ4v) is 4.50. The van der Waals surface area contributed by atoms with Crippen LogP contribution in [0.3, 0.4) is 0 Å². The van der Waals surface area contributed by atoms with Crippen LogP contribution < -0.4 is 10.2 Å². The number of hydrogen-bond donors (Lipinski definition) is 1. The number of piperidine rings is 1. The predicted molar refractivity (Wildman–Crippen MR) is 130 cm³/mol. The molecule has 1 aliphatic heterocycles. The summed E-state index contributed by atoms with van der Waals surface area (Å²) in [6.07, 6.45) is 1.47. The standard InChI is InChI=1S/C24H28Cl2N4O2/c1-24(2,3)32-23(31)27-18-7-6-12-29(15-18)22-28-20-8-4-5-9-21(20)30(22)14-16-10-11-17(25)13-19(16)26/h4-5,8-11,13,18H,6-7,12,14-15H2,1-3H3,(H,27,31). The summed E-state index contributed by atoms with van der Waals surface area (Å²) in [4.78, 5) is 19.4. The largest absolute Gasteiger partial charge is 0.444 e. The molecule has 32 heavy (non-hydrogen) atoms. The third kappa shape index (κ3) is 5.30. The molecular weight excluding hydrogens is 447 g/mol. The lowest BCUT2D eigenvalue weighted by Gasteiger charge is -2.34. The van der Waals surface area contributed by atoms with Gasteiger partial charge in [0.15, 0.2) is 0 Å². The normalized spacial score (nSPS) is 16.9. The minimum atomic E-state index is -0.524. The van der Waals surface area contributed by atoms with Gasteiger partial charge < -0.3 is 19.5 Å². The highest BCUT2D eigenvalue weighted by atomic mass is 35.5. The Hall–Kier alpha value is -2.44. The number of nitrogens with one attached hydrogen (secondary N) is 1. The van der Waals surface area contributed by atoms with Crippen LogP contribution in [0, 0.1) is 0 Å². The molecule has 0 aliphatic carbocycles. The Morgan fingerprint density at radius 1 is 1.22 bits per heavy atom. The molecule has 0 saturated carbocycles. The number of halogens is 2. The number of hydrogen-bond acceptors (Lipinski definition) is 4. The molecule has 2 aromatic carbocycles. The summed E-state index contributed by atoms with van der Waals surface area (Å²) in [5, 5.41) is 4.26. The third-order valence-corrected chi connectivity index (χ3v) is 5.99. The number of carbonyl (C=O) groups is 1. The summed E-state index contributed by atoms with van der Waals surface area (Å²) in [5.74, 6) is 0.868. The summed E-state index contributed by atoms with van der Waals surface area (Å²) < 4.78 is 7.62. The molecule has 1 saturated heterocycles. The smallest absolute Gasteiger partial charge is 0.407 e. The molecule has 2 heterocycles. The third-order valence-electron chi connectivity index (χ3n) is 5.40. The highest BCUT2D eigenvalue weighted by molar-refractivity contribution is 6.35. The van der Waals surface area contributed by atoms with E-state index in [1.807, 2.05) is 51.1 Å². The lowest BCUT2D eigenvalue weighted by atomic mass is 10.1. The minimum absolute atomic E-state index is 0.00835. The molecule has 4 rings (SSSR count). The summed E-state index contributed by atoms with van der Waals surface area (Å²) in [5.41, 5.74) is 2.41. The first-order chi connectivity index (χ1) is 15.2. The lowest BCUT2D eigenvalue weighted by molar-refractivity contribution is 0.0500. The number of benzene rings is 2. The van der Waals surface area contributed by atoms with Crippen LogP contribution in [0.2, 0.25) is 10.0 Å². The van der Waals surface area contributed by atoms with E-state index in [1.165, 1.54) is 0 Å². The van der Waals surface area contributed by atoms with E-state index >= 15 is 0 Å². The highest BCUT2D eigenvalue weighted by Gasteiger charge is 2.27. The van der Waals surface area contributed by atoms with Gasteiger partial charge in [0.25, 0.3) is 0 Å². The summed E-state index contributed by atoms with van der Waals surface area (Å²) in [6.45, 7) is 7.70. The molecule has 6 nitrogen and oxygen atoms in total. The van der Waals surface area contributed by atoms with Crippen molar-refractivity contribution in [2.45, 2.75) is 51.8 Å². The second-order valence-corrected chi connectivity index (χ2v) is 10.00. The van der Waals surface area contributed by atoms with E-state index < -0.39 is 5.60 Å². The monoisotopic (exact) mass is 474 g/mol. The molecule has 1 aromatic heterocycles. The molecule has 3 aromatic rings. The van der Waals surface area contributed by atoms with Crippen molar-refractivity contribution in [2.24, 2.45) is 0 Å². The number of amides is 1. The van der Waals surface area contributed by atoms with Gasteiger partial charge in [0.05, 0.1) is 17.6 Å². The van der Waals surface area contributed by atoms with Gasteiger partial charge in [0.1, 0.15) is 5.60 Å². The average Bonchev–Trinajstić information content (AvgIpc) is 3.07. The fraction of sp³-hybridized carbons (Fsp3) is 0.417. The summed E-state index contributed by atoms with van der Waals surface area (Å²) >= 11 is 12.6. The number of aromatic nitrogens is 2. The Morgan fingerprint density at radius 2 is 2.00 bits per heavy atom. The first kappa shape index (κ1) is 22.7. The Bertz CT molecular complexity index is 1120. The maximum Gasteiger partial charge on any atom is 0.407 e. The van der Waals surface area contributed by atoms with Gasteiger partial charge in [-0.1, -0.05) is 41.4 Å². The lowest BCUT2D eigenvalue weighted by Crippen LogP contribution is -2.49. The maximum absolute atomic E-state index is 12.3. The van der Waals surface area contributed by atoms with Crippen LogP contribution in [-0.4, -0.2) is 40.4 Å². The maximum atomic E-state index is 12.3. The first-order valence-electron chi connectivity index (χ1n) is 10.8. The molecule has 1 N–H and O–H groups in total. The van der Waals surface area contributed by atoms with Crippen LogP contribution >= 0.6 is 23.2 Å². The van der Waals surface area contributed by atoms with Crippen LogP contribution in [0.15, 0.2) is 42.5 Å². The Kier molecular flexibility index (Phi) is 6.54. The molecule has 1 amide bonds. The van der Waals surface area contributed by atoms with Crippen LogP contribution in [0.4, 0.5) is 10.7 Å². The van der Waals surface area contributed by atoms with Gasteiger partial charge in [0.2, 0.25) is 5.95 Å². The van der Waals surface area contributed by atoms with Crippen molar-refractivity contribution in [3.8, 4) is 0 Å². The van der Waals surface area contributed by atoms with Crippen LogP contribution in [-0.2, 0) is 11.3 Å². The zero-order valence-corrected chi connectivity index (χ0v) is 20.1. The van der Waals surface area contributed by atoms with Gasteiger partial charge in [0, 0.05) is 29.2 Å². The Morgan fingerprint density at radius 3 is 2.75 bits per heavy atom. The van der Waals surface area contributed by atoms with Crippen molar-refractivity contribution in [1.82, 2.24) is 14.9 Å². The number of imidazole rings is 1. The van der Waals surface area contributed by atoms with Crippen molar-refractivity contribution in [2.75, 3.05) is 18.0 Å². The molecule has 1 aliphatic rings. The van der Waals surface area contributed by atoms with Crippen molar-refractivity contribution in [1.29, 1.82) is 0 Å². The topological polar surface area (TPSA) is 59.4 Å². The van der Waals surface area contributed by atoms with Crippen molar-refractivity contribution in [3.05, 3.63) is 58.1 Å². The second-order valence-electron chi connectivity index (χ2n) is 9.15. The molecule has 1 fully saturated rings. The summed E-state index contributed by atoms with van der Waals surface area (Å²) in [6, 6.07) is 13.6. The van der Waals surface area contributed by atoms with E-state index in [9.17, 15) is 4.79 Å². The van der Waals surface area contributed by atoms with Crippen molar-refractivity contribution >= 4 is 46.3 Å². The number of rotatable bonds is 4. The van der Waals surface area contributed by atoms with Crippen LogP contribution in [0.25, 0.3) is 11.0 Å². The van der Waals surface area contributed by atoms with E-state index in [2.05, 4.69) is 20.9 Å². The van der Waals surface area contributed by atoms with E-state index in [1.54, 1.807) is 6.07 Å². The first-order valence-corrected chi connectivity index (χ1v) is 11.6. The van der Waals surface area contributed by atoms with Gasteiger partial charge in [-0.25, -0.2) is 9.78 Å². The van der Waals surface area contributed by atoms with Crippen LogP contribution in [0.1, 0.15) is 39.2 Å². The van der Waals surface area contributed by atoms with E-state index in [0.717, 1.165) is 41.9 Å². The van der Waals surface area contributed by atoms with Crippen LogP contribution in [0.5, 0.6) is 0 Å². The highest BCUT2D eigenvalue weighted by Crippen LogP contribution is 2.29. The molecule has 1 unspecified atom stereocenters. The molecule has 170 valence electrons. The van der Waals surface area contributed by atoms with Gasteiger partial charge in [-0.3, -0.25) is 0 Å². The SMILES string of the molecule is CC(C)(C)OC(=O)NC1CCCN(c2nc3ccccc3n2Cc2ccc(Cl)cc2Cl)C1. The van der Waals surface area contributed by atoms with E-state index in [4.69, 9.17) is 32.9 Å². The zero-order chi connectivity index (χ0) is 22.9. The predicted octanol–water partition coefficient (Wildman–Crippen LogP) is 5.88. The van der Waals surface area contributed by atoms with Crippen molar-refractivity contribution in [3.63, 3.8) is 0 Å². The number of nitrogens with zero attached hydrogens (tertiary/aromatic N) is 3. The average molecular weight is 475 g/mol. The molecular formula is C24H28Cl2N4O2. The second kappa shape index (κ2) is 9.20. The number of ether oxygens (including phenoxy) is 1. The van der Waals surface area contributed by atoms with Crippen molar-refractivity contribution < 1.29 is 9.53 Å². The molecule has 0 radical (unpaired) electrons. The summed E-state index contributed by atoms with van der Waals surface area (Å²) in [7, 11) is 0. The Balaban J connectivity index is 1.60. The number of para-hydroxylation sites is 2. The Labute approximate surface area is 198 Å². The van der Waals surface area contributed by atoms with E-state index in [-0.39, 0.29) is 12.1 Å².